The highest BCUT2D eigenvalue weighted by molar-refractivity contribution is 7.11. The summed E-state index contributed by atoms with van der Waals surface area (Å²) < 4.78 is 0. The van der Waals surface area contributed by atoms with Crippen LogP contribution in [-0.2, 0) is 13.0 Å². The van der Waals surface area contributed by atoms with E-state index in [1.165, 1.54) is 22.7 Å². The SMILES string of the molecule is CCc1ncc(CNC(C)C(CC)CC)s1. The molecular formula is C13H24N2S. The summed E-state index contributed by atoms with van der Waals surface area (Å²) in [5.41, 5.74) is 0. The van der Waals surface area contributed by atoms with E-state index in [0.29, 0.717) is 6.04 Å². The zero-order valence-electron chi connectivity index (χ0n) is 10.9. The van der Waals surface area contributed by atoms with Gasteiger partial charge in [-0.1, -0.05) is 33.6 Å². The third-order valence-electron chi connectivity index (χ3n) is 3.26. The summed E-state index contributed by atoms with van der Waals surface area (Å²) in [6.45, 7) is 9.96. The van der Waals surface area contributed by atoms with Gasteiger partial charge in [-0.05, 0) is 19.3 Å². The molecule has 0 saturated heterocycles. The third-order valence-corrected chi connectivity index (χ3v) is 4.40. The van der Waals surface area contributed by atoms with E-state index < -0.39 is 0 Å². The van der Waals surface area contributed by atoms with E-state index in [0.717, 1.165) is 18.9 Å². The first kappa shape index (κ1) is 13.7. The summed E-state index contributed by atoms with van der Waals surface area (Å²) in [6.07, 6.45) is 5.57. The lowest BCUT2D eigenvalue weighted by atomic mass is 9.95. The molecule has 1 atom stereocenters. The number of hydrogen-bond acceptors (Lipinski definition) is 3. The highest BCUT2D eigenvalue weighted by Crippen LogP contribution is 2.16. The molecule has 0 amide bonds. The van der Waals surface area contributed by atoms with Gasteiger partial charge in [0.2, 0.25) is 0 Å². The molecule has 1 heterocycles. The molecule has 2 nitrogen and oxygen atoms in total. The zero-order chi connectivity index (χ0) is 12.0. The summed E-state index contributed by atoms with van der Waals surface area (Å²) in [5, 5.41) is 4.85. The fraction of sp³-hybridized carbons (Fsp3) is 0.769. The Hall–Kier alpha value is -0.410. The van der Waals surface area contributed by atoms with Crippen LogP contribution < -0.4 is 5.32 Å². The van der Waals surface area contributed by atoms with E-state index in [-0.39, 0.29) is 0 Å². The molecule has 0 spiro atoms. The van der Waals surface area contributed by atoms with Crippen molar-refractivity contribution < 1.29 is 0 Å². The lowest BCUT2D eigenvalue weighted by Crippen LogP contribution is -2.32. The molecule has 3 heteroatoms. The molecule has 0 aliphatic carbocycles. The second-order valence-corrected chi connectivity index (χ2v) is 5.52. The summed E-state index contributed by atoms with van der Waals surface area (Å²) >= 11 is 1.83. The molecule has 1 rings (SSSR count). The Morgan fingerprint density at radius 2 is 2.00 bits per heavy atom. The molecule has 1 N–H and O–H groups in total. The normalized spacial score (nSPS) is 13.3. The third kappa shape index (κ3) is 3.87. The number of rotatable bonds is 7. The lowest BCUT2D eigenvalue weighted by Gasteiger charge is -2.22. The van der Waals surface area contributed by atoms with E-state index in [2.05, 4.69) is 38.0 Å². The minimum Gasteiger partial charge on any atom is -0.309 e. The molecule has 92 valence electrons. The van der Waals surface area contributed by atoms with Crippen LogP contribution in [0.15, 0.2) is 6.20 Å². The molecule has 16 heavy (non-hydrogen) atoms. The molecule has 0 aliphatic heterocycles. The maximum absolute atomic E-state index is 4.38. The van der Waals surface area contributed by atoms with Gasteiger partial charge in [0.15, 0.2) is 0 Å². The number of nitrogens with zero attached hydrogens (tertiary/aromatic N) is 1. The van der Waals surface area contributed by atoms with Crippen molar-refractivity contribution in [3.05, 3.63) is 16.1 Å². The van der Waals surface area contributed by atoms with E-state index in [1.807, 2.05) is 17.5 Å². The molecule has 1 unspecified atom stereocenters. The van der Waals surface area contributed by atoms with Gasteiger partial charge in [0.25, 0.3) is 0 Å². The van der Waals surface area contributed by atoms with Crippen molar-refractivity contribution >= 4 is 11.3 Å². The van der Waals surface area contributed by atoms with Gasteiger partial charge in [-0.25, -0.2) is 4.98 Å². The number of aromatic nitrogens is 1. The topological polar surface area (TPSA) is 24.9 Å². The first-order valence-corrected chi connectivity index (χ1v) is 7.19. The molecule has 0 saturated carbocycles. The molecule has 1 aromatic rings. The Morgan fingerprint density at radius 1 is 1.31 bits per heavy atom. The van der Waals surface area contributed by atoms with Crippen molar-refractivity contribution in [2.24, 2.45) is 5.92 Å². The number of aryl methyl sites for hydroxylation is 1. The molecular weight excluding hydrogens is 216 g/mol. The monoisotopic (exact) mass is 240 g/mol. The highest BCUT2D eigenvalue weighted by atomic mass is 32.1. The van der Waals surface area contributed by atoms with Crippen LogP contribution in [0.2, 0.25) is 0 Å². The Labute approximate surface area is 103 Å². The Balaban J connectivity index is 2.38. The second-order valence-electron chi connectivity index (χ2n) is 4.32. The van der Waals surface area contributed by atoms with Crippen molar-refractivity contribution in [2.45, 2.75) is 59.5 Å². The first-order chi connectivity index (χ1) is 7.71. The smallest absolute Gasteiger partial charge is 0.0925 e. The van der Waals surface area contributed by atoms with Crippen LogP contribution in [0.25, 0.3) is 0 Å². The minimum absolute atomic E-state index is 0.599. The summed E-state index contributed by atoms with van der Waals surface area (Å²) in [6, 6.07) is 0.599. The van der Waals surface area contributed by atoms with E-state index in [1.54, 1.807) is 0 Å². The van der Waals surface area contributed by atoms with E-state index in [9.17, 15) is 0 Å². The van der Waals surface area contributed by atoms with Gasteiger partial charge in [0.1, 0.15) is 0 Å². The fourth-order valence-corrected chi connectivity index (χ4v) is 2.83. The summed E-state index contributed by atoms with van der Waals surface area (Å²) in [4.78, 5) is 5.73. The van der Waals surface area contributed by atoms with Gasteiger partial charge < -0.3 is 5.32 Å². The zero-order valence-corrected chi connectivity index (χ0v) is 11.7. The van der Waals surface area contributed by atoms with Crippen LogP contribution in [0.4, 0.5) is 0 Å². The standard InChI is InChI=1S/C13H24N2S/c1-5-11(6-2)10(4)14-8-12-9-15-13(7-3)16-12/h9-11,14H,5-8H2,1-4H3. The molecule has 0 radical (unpaired) electrons. The van der Waals surface area contributed by atoms with Crippen LogP contribution in [0, 0.1) is 5.92 Å². The van der Waals surface area contributed by atoms with Gasteiger partial charge in [-0.2, -0.15) is 0 Å². The van der Waals surface area contributed by atoms with Crippen molar-refractivity contribution in [3.8, 4) is 0 Å². The largest absolute Gasteiger partial charge is 0.309 e. The lowest BCUT2D eigenvalue weighted by molar-refractivity contribution is 0.354. The number of nitrogens with one attached hydrogen (secondary N) is 1. The van der Waals surface area contributed by atoms with Crippen molar-refractivity contribution in [1.29, 1.82) is 0 Å². The second kappa shape index (κ2) is 7.02. The Kier molecular flexibility index (Phi) is 5.99. The molecule has 1 aromatic heterocycles. The van der Waals surface area contributed by atoms with Gasteiger partial charge in [0, 0.05) is 23.7 Å². The van der Waals surface area contributed by atoms with Gasteiger partial charge in [-0.15, -0.1) is 11.3 Å². The molecule has 0 fully saturated rings. The van der Waals surface area contributed by atoms with Crippen LogP contribution in [0.3, 0.4) is 0 Å². The predicted molar refractivity (Wildman–Crippen MR) is 71.9 cm³/mol. The van der Waals surface area contributed by atoms with Crippen molar-refractivity contribution in [3.63, 3.8) is 0 Å². The number of hydrogen-bond donors (Lipinski definition) is 1. The maximum Gasteiger partial charge on any atom is 0.0925 e. The quantitative estimate of drug-likeness (QED) is 0.787. The van der Waals surface area contributed by atoms with Crippen LogP contribution in [-0.4, -0.2) is 11.0 Å². The molecule has 0 aliphatic rings. The van der Waals surface area contributed by atoms with Gasteiger partial charge in [0.05, 0.1) is 5.01 Å². The Morgan fingerprint density at radius 3 is 2.50 bits per heavy atom. The number of thiazole rings is 1. The molecule has 0 bridgehead atoms. The summed E-state index contributed by atoms with van der Waals surface area (Å²) in [7, 11) is 0. The van der Waals surface area contributed by atoms with Crippen molar-refractivity contribution in [1.82, 2.24) is 10.3 Å². The maximum atomic E-state index is 4.38. The van der Waals surface area contributed by atoms with Crippen molar-refractivity contribution in [2.75, 3.05) is 0 Å². The van der Waals surface area contributed by atoms with E-state index >= 15 is 0 Å². The van der Waals surface area contributed by atoms with E-state index in [4.69, 9.17) is 0 Å². The Bertz CT molecular complexity index is 292. The fourth-order valence-electron chi connectivity index (χ4n) is 2.02. The van der Waals surface area contributed by atoms with Crippen LogP contribution >= 0.6 is 11.3 Å². The average Bonchev–Trinajstić information content (AvgIpc) is 2.76. The predicted octanol–water partition coefficient (Wildman–Crippen LogP) is 3.62. The first-order valence-electron chi connectivity index (χ1n) is 6.38. The van der Waals surface area contributed by atoms with Gasteiger partial charge >= 0.3 is 0 Å². The minimum atomic E-state index is 0.599. The van der Waals surface area contributed by atoms with Gasteiger partial charge in [-0.3, -0.25) is 0 Å². The summed E-state index contributed by atoms with van der Waals surface area (Å²) in [5.74, 6) is 0.790. The average molecular weight is 240 g/mol. The molecule has 0 aromatic carbocycles. The highest BCUT2D eigenvalue weighted by Gasteiger charge is 2.12. The van der Waals surface area contributed by atoms with Crippen LogP contribution in [0.1, 0.15) is 50.4 Å². The van der Waals surface area contributed by atoms with Crippen LogP contribution in [0.5, 0.6) is 0 Å².